The zero-order valence-corrected chi connectivity index (χ0v) is 12.0. The molecule has 0 saturated heterocycles. The number of carboxylic acids is 1. The number of aliphatic carboxylic acids is 1. The van der Waals surface area contributed by atoms with E-state index < -0.39 is 12.0 Å². The fourth-order valence-electron chi connectivity index (χ4n) is 3.83. The van der Waals surface area contributed by atoms with E-state index >= 15 is 0 Å². The zero-order valence-electron chi connectivity index (χ0n) is 12.0. The van der Waals surface area contributed by atoms with Gasteiger partial charge in [0, 0.05) is 25.7 Å². The summed E-state index contributed by atoms with van der Waals surface area (Å²) < 4.78 is 0. The van der Waals surface area contributed by atoms with Crippen LogP contribution in [0.2, 0.25) is 0 Å². The van der Waals surface area contributed by atoms with Crippen molar-refractivity contribution in [3.05, 3.63) is 23.8 Å². The second-order valence-electron chi connectivity index (χ2n) is 6.35. The highest BCUT2D eigenvalue weighted by Crippen LogP contribution is 2.45. The molecular weight excluding hydrogens is 266 g/mol. The quantitative estimate of drug-likeness (QED) is 0.774. The summed E-state index contributed by atoms with van der Waals surface area (Å²) in [7, 11) is 0. The number of nitrogens with zero attached hydrogens (tertiary/aromatic N) is 1. The summed E-state index contributed by atoms with van der Waals surface area (Å²) in [5, 5.41) is 16.2. The summed E-state index contributed by atoms with van der Waals surface area (Å²) in [6.45, 7) is 2.33. The molecular formula is C16H21N3O2. The molecule has 2 aliphatic heterocycles. The van der Waals surface area contributed by atoms with Crippen LogP contribution in [0.25, 0.3) is 0 Å². The number of rotatable bonds is 2. The molecule has 0 radical (unpaired) electrons. The molecule has 4 rings (SSSR count). The van der Waals surface area contributed by atoms with Crippen LogP contribution in [0.5, 0.6) is 0 Å². The Morgan fingerprint density at radius 3 is 2.90 bits per heavy atom. The van der Waals surface area contributed by atoms with E-state index in [2.05, 4.69) is 21.6 Å². The van der Waals surface area contributed by atoms with Gasteiger partial charge in [0.2, 0.25) is 0 Å². The number of anilines is 2. The monoisotopic (exact) mass is 287 g/mol. The lowest BCUT2D eigenvalue weighted by Gasteiger charge is -2.38. The maximum Gasteiger partial charge on any atom is 0.327 e. The number of hydrogen-bond acceptors (Lipinski definition) is 4. The van der Waals surface area contributed by atoms with Gasteiger partial charge in [-0.2, -0.15) is 0 Å². The molecule has 1 aromatic rings. The molecule has 2 heterocycles. The Kier molecular flexibility index (Phi) is 3.03. The van der Waals surface area contributed by atoms with Gasteiger partial charge in [0.1, 0.15) is 6.04 Å². The lowest BCUT2D eigenvalue weighted by Crippen LogP contribution is -2.47. The Morgan fingerprint density at radius 1 is 1.33 bits per heavy atom. The third-order valence-electron chi connectivity index (χ3n) is 5.12. The van der Waals surface area contributed by atoms with Gasteiger partial charge in [0.25, 0.3) is 0 Å². The Bertz CT molecular complexity index is 571. The average molecular weight is 287 g/mol. The van der Waals surface area contributed by atoms with Crippen molar-refractivity contribution in [1.82, 2.24) is 5.32 Å². The second kappa shape index (κ2) is 4.91. The van der Waals surface area contributed by atoms with Crippen molar-refractivity contribution in [2.75, 3.05) is 29.9 Å². The van der Waals surface area contributed by atoms with Crippen LogP contribution in [0, 0.1) is 5.92 Å². The van der Waals surface area contributed by atoms with E-state index in [1.807, 2.05) is 12.1 Å². The van der Waals surface area contributed by atoms with Crippen LogP contribution in [0.15, 0.2) is 18.2 Å². The third-order valence-corrected chi connectivity index (χ3v) is 5.12. The van der Waals surface area contributed by atoms with Gasteiger partial charge in [-0.3, -0.25) is 0 Å². The molecule has 0 amide bonds. The summed E-state index contributed by atoms with van der Waals surface area (Å²) in [5.41, 5.74) is 3.53. The van der Waals surface area contributed by atoms with Crippen molar-refractivity contribution in [2.45, 2.75) is 31.3 Å². The fraction of sp³-hybridized carbons (Fsp3) is 0.562. The van der Waals surface area contributed by atoms with Crippen LogP contribution >= 0.6 is 0 Å². The van der Waals surface area contributed by atoms with Crippen molar-refractivity contribution in [3.8, 4) is 0 Å². The zero-order chi connectivity index (χ0) is 14.4. The van der Waals surface area contributed by atoms with Crippen LogP contribution in [0.3, 0.4) is 0 Å². The Hall–Kier alpha value is -1.75. The molecule has 1 aliphatic carbocycles. The molecule has 2 unspecified atom stereocenters. The minimum atomic E-state index is -0.779. The fourth-order valence-corrected chi connectivity index (χ4v) is 3.83. The first kappa shape index (κ1) is 13.0. The van der Waals surface area contributed by atoms with E-state index in [1.54, 1.807) is 0 Å². The van der Waals surface area contributed by atoms with E-state index in [0.29, 0.717) is 12.6 Å². The Labute approximate surface area is 124 Å². The first-order valence-electron chi connectivity index (χ1n) is 7.84. The van der Waals surface area contributed by atoms with Crippen molar-refractivity contribution >= 4 is 17.3 Å². The van der Waals surface area contributed by atoms with Gasteiger partial charge in [-0.25, -0.2) is 4.79 Å². The molecule has 5 nitrogen and oxygen atoms in total. The minimum Gasteiger partial charge on any atom is -0.480 e. The van der Waals surface area contributed by atoms with Gasteiger partial charge >= 0.3 is 5.97 Å². The topological polar surface area (TPSA) is 64.6 Å². The predicted octanol–water partition coefficient (Wildman–Crippen LogP) is 1.82. The molecule has 0 bridgehead atoms. The second-order valence-corrected chi connectivity index (χ2v) is 6.35. The first-order valence-corrected chi connectivity index (χ1v) is 7.84. The van der Waals surface area contributed by atoms with Crippen LogP contribution in [0.1, 0.15) is 30.9 Å². The highest BCUT2D eigenvalue weighted by atomic mass is 16.4. The number of carboxylic acid groups (broad SMARTS) is 1. The van der Waals surface area contributed by atoms with E-state index in [1.165, 1.54) is 30.5 Å². The summed E-state index contributed by atoms with van der Waals surface area (Å²) in [4.78, 5) is 13.6. The van der Waals surface area contributed by atoms with Crippen molar-refractivity contribution in [2.24, 2.45) is 5.92 Å². The summed E-state index contributed by atoms with van der Waals surface area (Å²) in [6.07, 6.45) is 3.93. The van der Waals surface area contributed by atoms with Crippen LogP contribution in [0.4, 0.5) is 11.4 Å². The molecule has 2 atom stereocenters. The van der Waals surface area contributed by atoms with Gasteiger partial charge in [0.05, 0.1) is 11.4 Å². The van der Waals surface area contributed by atoms with E-state index in [-0.39, 0.29) is 0 Å². The molecule has 0 aromatic heterocycles. The number of nitrogens with one attached hydrogen (secondary N) is 2. The van der Waals surface area contributed by atoms with Crippen molar-refractivity contribution < 1.29 is 9.90 Å². The van der Waals surface area contributed by atoms with Crippen molar-refractivity contribution in [1.29, 1.82) is 0 Å². The minimum absolute atomic E-state index is 0.418. The lowest BCUT2D eigenvalue weighted by molar-refractivity contribution is -0.137. The summed E-state index contributed by atoms with van der Waals surface area (Å²) in [6, 6.07) is 6.15. The molecule has 1 aromatic carbocycles. The van der Waals surface area contributed by atoms with E-state index in [4.69, 9.17) is 0 Å². The Morgan fingerprint density at radius 2 is 2.19 bits per heavy atom. The number of para-hydroxylation sites is 1. The maximum atomic E-state index is 11.3. The number of carbonyl (C=O) groups is 1. The molecule has 112 valence electrons. The van der Waals surface area contributed by atoms with E-state index in [9.17, 15) is 9.90 Å². The SMILES string of the molecule is O=C(O)C1CN2CCNC(C3CCC3)c3cccc(c32)N1. The molecule has 1 saturated carbocycles. The van der Waals surface area contributed by atoms with Gasteiger partial charge in [0.15, 0.2) is 0 Å². The van der Waals surface area contributed by atoms with Gasteiger partial charge in [-0.15, -0.1) is 0 Å². The highest BCUT2D eigenvalue weighted by Gasteiger charge is 2.36. The summed E-state index contributed by atoms with van der Waals surface area (Å²) >= 11 is 0. The van der Waals surface area contributed by atoms with Crippen LogP contribution in [-0.4, -0.2) is 36.8 Å². The van der Waals surface area contributed by atoms with Gasteiger partial charge < -0.3 is 20.6 Å². The van der Waals surface area contributed by atoms with Gasteiger partial charge in [-0.1, -0.05) is 18.6 Å². The first-order chi connectivity index (χ1) is 10.2. The molecule has 21 heavy (non-hydrogen) atoms. The number of hydrogen-bond donors (Lipinski definition) is 3. The molecule has 5 heteroatoms. The van der Waals surface area contributed by atoms with Gasteiger partial charge in [-0.05, 0) is 30.4 Å². The largest absolute Gasteiger partial charge is 0.480 e. The molecule has 0 spiro atoms. The van der Waals surface area contributed by atoms with Crippen molar-refractivity contribution in [3.63, 3.8) is 0 Å². The number of benzene rings is 1. The molecule has 3 N–H and O–H groups in total. The normalized spacial score (nSPS) is 28.1. The molecule has 1 fully saturated rings. The lowest BCUT2D eigenvalue weighted by atomic mass is 9.76. The summed E-state index contributed by atoms with van der Waals surface area (Å²) in [5.74, 6) is -0.0487. The predicted molar refractivity (Wildman–Crippen MR) is 81.8 cm³/mol. The van der Waals surface area contributed by atoms with E-state index in [0.717, 1.165) is 24.7 Å². The van der Waals surface area contributed by atoms with Crippen LogP contribution < -0.4 is 15.5 Å². The highest BCUT2D eigenvalue weighted by molar-refractivity contribution is 5.86. The smallest absolute Gasteiger partial charge is 0.327 e. The average Bonchev–Trinajstić information content (AvgIpc) is 2.59. The molecule has 3 aliphatic rings. The third kappa shape index (κ3) is 2.07. The maximum absolute atomic E-state index is 11.3. The Balaban J connectivity index is 1.76. The van der Waals surface area contributed by atoms with Crippen LogP contribution in [-0.2, 0) is 4.79 Å². The standard InChI is InChI=1S/C16H21N3O2/c20-16(21)13-9-19-8-7-17-14(10-3-1-4-10)11-5-2-6-12(18-13)15(11)19/h2,5-6,10,13-14,17-18H,1,3-4,7-9H2,(H,20,21).